The molecule has 2 aromatic rings. The standard InChI is InChI=1S/C18H20N2O4S/c1-13(25-17-9-5-15(6-10-17)20(22)23)18(21)19-12-11-14-3-7-16(24-2)8-4-14/h3-10,13H,11-12H2,1-2H3,(H,19,21). The Morgan fingerprint density at radius 1 is 1.20 bits per heavy atom. The molecular formula is C18H20N2O4S. The molecule has 132 valence electrons. The zero-order chi connectivity index (χ0) is 18.2. The normalized spacial score (nSPS) is 11.6. The number of nitrogens with one attached hydrogen (secondary N) is 1. The number of methoxy groups -OCH3 is 1. The van der Waals surface area contributed by atoms with Crippen molar-refractivity contribution in [1.29, 1.82) is 0 Å². The molecule has 0 aliphatic heterocycles. The highest BCUT2D eigenvalue weighted by Crippen LogP contribution is 2.25. The third-order valence-electron chi connectivity index (χ3n) is 3.60. The predicted molar refractivity (Wildman–Crippen MR) is 98.1 cm³/mol. The number of benzene rings is 2. The fourth-order valence-electron chi connectivity index (χ4n) is 2.17. The molecular weight excluding hydrogens is 340 g/mol. The Labute approximate surface area is 150 Å². The zero-order valence-corrected chi connectivity index (χ0v) is 14.9. The topological polar surface area (TPSA) is 81.5 Å². The molecule has 1 atom stereocenters. The lowest BCUT2D eigenvalue weighted by Crippen LogP contribution is -2.32. The van der Waals surface area contributed by atoms with Crippen LogP contribution < -0.4 is 10.1 Å². The number of thioether (sulfide) groups is 1. The summed E-state index contributed by atoms with van der Waals surface area (Å²) in [4.78, 5) is 23.2. The number of ether oxygens (including phenoxy) is 1. The van der Waals surface area contributed by atoms with E-state index in [4.69, 9.17) is 4.74 Å². The van der Waals surface area contributed by atoms with Crippen molar-refractivity contribution in [3.8, 4) is 5.75 Å². The number of carbonyl (C=O) groups is 1. The maximum atomic E-state index is 12.2. The quantitative estimate of drug-likeness (QED) is 0.443. The molecule has 0 bridgehead atoms. The van der Waals surface area contributed by atoms with E-state index in [2.05, 4.69) is 5.32 Å². The number of rotatable bonds is 8. The van der Waals surface area contributed by atoms with E-state index in [1.54, 1.807) is 19.2 Å². The van der Waals surface area contributed by atoms with E-state index >= 15 is 0 Å². The average Bonchev–Trinajstić information content (AvgIpc) is 2.62. The highest BCUT2D eigenvalue weighted by atomic mass is 32.2. The van der Waals surface area contributed by atoms with Crippen molar-refractivity contribution in [3.05, 3.63) is 64.2 Å². The van der Waals surface area contributed by atoms with Gasteiger partial charge in [-0.3, -0.25) is 14.9 Å². The van der Waals surface area contributed by atoms with Gasteiger partial charge in [0.15, 0.2) is 0 Å². The number of non-ortho nitro benzene ring substituents is 1. The van der Waals surface area contributed by atoms with Crippen molar-refractivity contribution in [2.45, 2.75) is 23.5 Å². The van der Waals surface area contributed by atoms with Gasteiger partial charge in [0.2, 0.25) is 5.91 Å². The van der Waals surface area contributed by atoms with E-state index in [9.17, 15) is 14.9 Å². The first kappa shape index (κ1) is 18.8. The SMILES string of the molecule is COc1ccc(CCNC(=O)C(C)Sc2ccc([N+](=O)[O-])cc2)cc1. The monoisotopic (exact) mass is 360 g/mol. The van der Waals surface area contributed by atoms with E-state index in [-0.39, 0.29) is 16.8 Å². The third-order valence-corrected chi connectivity index (χ3v) is 4.71. The molecule has 7 heteroatoms. The van der Waals surface area contributed by atoms with E-state index in [0.29, 0.717) is 6.54 Å². The highest BCUT2D eigenvalue weighted by molar-refractivity contribution is 8.00. The second-order valence-corrected chi connectivity index (χ2v) is 6.81. The van der Waals surface area contributed by atoms with Crippen LogP contribution in [0, 0.1) is 10.1 Å². The molecule has 0 saturated heterocycles. The molecule has 0 radical (unpaired) electrons. The Morgan fingerprint density at radius 3 is 2.40 bits per heavy atom. The van der Waals surface area contributed by atoms with Gasteiger partial charge in [0, 0.05) is 23.6 Å². The van der Waals surface area contributed by atoms with Gasteiger partial charge in [-0.1, -0.05) is 12.1 Å². The first-order valence-electron chi connectivity index (χ1n) is 7.81. The Kier molecular flexibility index (Phi) is 6.82. The van der Waals surface area contributed by atoms with Crippen LogP contribution in [0.1, 0.15) is 12.5 Å². The maximum absolute atomic E-state index is 12.2. The molecule has 2 aromatic carbocycles. The van der Waals surface area contributed by atoms with Crippen LogP contribution >= 0.6 is 11.8 Å². The van der Waals surface area contributed by atoms with Gasteiger partial charge in [0.1, 0.15) is 5.75 Å². The van der Waals surface area contributed by atoms with Crippen molar-refractivity contribution in [3.63, 3.8) is 0 Å². The van der Waals surface area contributed by atoms with E-state index in [1.165, 1.54) is 23.9 Å². The fourth-order valence-corrected chi connectivity index (χ4v) is 3.06. The summed E-state index contributed by atoms with van der Waals surface area (Å²) >= 11 is 1.37. The van der Waals surface area contributed by atoms with Gasteiger partial charge in [-0.25, -0.2) is 0 Å². The first-order chi connectivity index (χ1) is 12.0. The molecule has 0 aliphatic rings. The molecule has 0 saturated carbocycles. The summed E-state index contributed by atoms with van der Waals surface area (Å²) in [6.45, 7) is 2.37. The van der Waals surface area contributed by atoms with Crippen LogP contribution in [0.4, 0.5) is 5.69 Å². The van der Waals surface area contributed by atoms with Crippen molar-refractivity contribution >= 4 is 23.4 Å². The number of hydrogen-bond acceptors (Lipinski definition) is 5. The van der Waals surface area contributed by atoms with Gasteiger partial charge in [0.25, 0.3) is 5.69 Å². The molecule has 6 nitrogen and oxygen atoms in total. The molecule has 0 heterocycles. The average molecular weight is 360 g/mol. The Balaban J connectivity index is 1.78. The van der Waals surface area contributed by atoms with Gasteiger partial charge >= 0.3 is 0 Å². The maximum Gasteiger partial charge on any atom is 0.269 e. The zero-order valence-electron chi connectivity index (χ0n) is 14.1. The van der Waals surface area contributed by atoms with Crippen LogP contribution in [0.25, 0.3) is 0 Å². The fraction of sp³-hybridized carbons (Fsp3) is 0.278. The van der Waals surface area contributed by atoms with Gasteiger partial charge in [0.05, 0.1) is 17.3 Å². The molecule has 0 fully saturated rings. The second-order valence-electron chi connectivity index (χ2n) is 5.40. The molecule has 1 unspecified atom stereocenters. The van der Waals surface area contributed by atoms with E-state index in [0.717, 1.165) is 22.6 Å². The lowest BCUT2D eigenvalue weighted by atomic mass is 10.1. The summed E-state index contributed by atoms with van der Waals surface area (Å²) < 4.78 is 5.11. The number of hydrogen-bond donors (Lipinski definition) is 1. The van der Waals surface area contributed by atoms with E-state index < -0.39 is 4.92 Å². The molecule has 2 rings (SSSR count). The summed E-state index contributed by atoms with van der Waals surface area (Å²) in [5, 5.41) is 13.3. The van der Waals surface area contributed by atoms with Crippen LogP contribution in [-0.4, -0.2) is 29.7 Å². The van der Waals surface area contributed by atoms with Crippen molar-refractivity contribution in [2.75, 3.05) is 13.7 Å². The summed E-state index contributed by atoms with van der Waals surface area (Å²) in [5.41, 5.74) is 1.16. The number of nitrogens with zero attached hydrogens (tertiary/aromatic N) is 1. The van der Waals surface area contributed by atoms with Gasteiger partial charge in [-0.15, -0.1) is 11.8 Å². The molecule has 25 heavy (non-hydrogen) atoms. The van der Waals surface area contributed by atoms with Crippen LogP contribution in [0.5, 0.6) is 5.75 Å². The van der Waals surface area contributed by atoms with Gasteiger partial charge < -0.3 is 10.1 Å². The molecule has 1 N–H and O–H groups in total. The predicted octanol–water partition coefficient (Wildman–Crippen LogP) is 3.44. The van der Waals surface area contributed by atoms with Gasteiger partial charge in [-0.2, -0.15) is 0 Å². The highest BCUT2D eigenvalue weighted by Gasteiger charge is 2.14. The van der Waals surface area contributed by atoms with Crippen LogP contribution in [0.2, 0.25) is 0 Å². The number of carbonyl (C=O) groups excluding carboxylic acids is 1. The van der Waals surface area contributed by atoms with Crippen LogP contribution in [0.15, 0.2) is 53.4 Å². The lowest BCUT2D eigenvalue weighted by molar-refractivity contribution is -0.384. The van der Waals surface area contributed by atoms with Crippen molar-refractivity contribution in [2.24, 2.45) is 0 Å². The van der Waals surface area contributed by atoms with E-state index in [1.807, 2.05) is 31.2 Å². The number of nitro benzene ring substituents is 1. The summed E-state index contributed by atoms with van der Waals surface area (Å²) in [5.74, 6) is 0.748. The minimum Gasteiger partial charge on any atom is -0.497 e. The van der Waals surface area contributed by atoms with Crippen molar-refractivity contribution in [1.82, 2.24) is 5.32 Å². The first-order valence-corrected chi connectivity index (χ1v) is 8.69. The second kappa shape index (κ2) is 9.08. The summed E-state index contributed by atoms with van der Waals surface area (Å²) in [7, 11) is 1.62. The minimum absolute atomic E-state index is 0.0425. The molecule has 1 amide bonds. The number of nitro groups is 1. The molecule has 0 spiro atoms. The third kappa shape index (κ3) is 5.79. The minimum atomic E-state index is -0.441. The summed E-state index contributed by atoms with van der Waals surface area (Å²) in [6, 6.07) is 13.9. The Bertz CT molecular complexity index is 717. The summed E-state index contributed by atoms with van der Waals surface area (Å²) in [6.07, 6.45) is 0.741. The number of amides is 1. The lowest BCUT2D eigenvalue weighted by Gasteiger charge is -2.12. The molecule has 0 aliphatic carbocycles. The Morgan fingerprint density at radius 2 is 1.84 bits per heavy atom. The van der Waals surface area contributed by atoms with Crippen LogP contribution in [-0.2, 0) is 11.2 Å². The molecule has 0 aromatic heterocycles. The Hall–Kier alpha value is -2.54. The smallest absolute Gasteiger partial charge is 0.269 e. The van der Waals surface area contributed by atoms with Crippen LogP contribution in [0.3, 0.4) is 0 Å². The largest absolute Gasteiger partial charge is 0.497 e. The van der Waals surface area contributed by atoms with Gasteiger partial charge in [-0.05, 0) is 43.2 Å². The van der Waals surface area contributed by atoms with Crippen molar-refractivity contribution < 1.29 is 14.5 Å².